The Bertz CT molecular complexity index is 456. The van der Waals surface area contributed by atoms with E-state index in [2.05, 4.69) is 4.98 Å². The Morgan fingerprint density at radius 3 is 2.90 bits per heavy atom. The number of carbonyl (C=O) groups is 1. The maximum absolute atomic E-state index is 12.1. The van der Waals surface area contributed by atoms with Gasteiger partial charge in [0.25, 0.3) is 0 Å². The molecular formula is C15H24N2O3S. The van der Waals surface area contributed by atoms with Crippen molar-refractivity contribution in [3.8, 4) is 0 Å². The zero-order valence-electron chi connectivity index (χ0n) is 13.2. The molecular weight excluding hydrogens is 288 g/mol. The summed E-state index contributed by atoms with van der Waals surface area (Å²) in [4.78, 5) is 18.1. The third kappa shape index (κ3) is 4.97. The lowest BCUT2D eigenvalue weighted by Gasteiger charge is -2.34. The monoisotopic (exact) mass is 312 g/mol. The van der Waals surface area contributed by atoms with Crippen molar-refractivity contribution in [3.05, 3.63) is 16.6 Å². The van der Waals surface area contributed by atoms with Gasteiger partial charge in [-0.2, -0.15) is 0 Å². The molecule has 2 rings (SSSR count). The fraction of sp³-hybridized carbons (Fsp3) is 0.733. The van der Waals surface area contributed by atoms with Gasteiger partial charge in [-0.15, -0.1) is 11.3 Å². The number of nitrogens with zero attached hydrogens (tertiary/aromatic N) is 2. The lowest BCUT2D eigenvalue weighted by atomic mass is 10.1. The van der Waals surface area contributed by atoms with Gasteiger partial charge in [-0.1, -0.05) is 0 Å². The average molecular weight is 312 g/mol. The number of hydrogen-bond acceptors (Lipinski definition) is 5. The quantitative estimate of drug-likeness (QED) is 0.855. The van der Waals surface area contributed by atoms with E-state index in [4.69, 9.17) is 9.47 Å². The van der Waals surface area contributed by atoms with Gasteiger partial charge in [-0.3, -0.25) is 0 Å². The standard InChI is InChI=1S/C15H24N2O3S/c1-11(13-16-7-9-21-13)19-12-6-5-8-17(10-12)14(18)20-15(2,3)4/h7,9,11-12H,5-6,8,10H2,1-4H3/t11-,12-/m1/s1. The van der Waals surface area contributed by atoms with Crippen molar-refractivity contribution in [2.75, 3.05) is 13.1 Å². The molecule has 2 heterocycles. The summed E-state index contributed by atoms with van der Waals surface area (Å²) in [5.41, 5.74) is -0.459. The van der Waals surface area contributed by atoms with Crippen LogP contribution in [0.2, 0.25) is 0 Å². The third-order valence-corrected chi connectivity index (χ3v) is 4.16. The van der Waals surface area contributed by atoms with E-state index >= 15 is 0 Å². The summed E-state index contributed by atoms with van der Waals surface area (Å²) >= 11 is 1.59. The van der Waals surface area contributed by atoms with Crippen LogP contribution in [0.3, 0.4) is 0 Å². The SMILES string of the molecule is C[C@@H](O[C@@H]1CCCN(C(=O)OC(C)(C)C)C1)c1nccs1. The van der Waals surface area contributed by atoms with Crippen LogP contribution in [0.1, 0.15) is 51.6 Å². The Labute approximate surface area is 130 Å². The molecule has 2 atom stereocenters. The summed E-state index contributed by atoms with van der Waals surface area (Å²) in [6, 6.07) is 0. The number of thiazole rings is 1. The molecule has 1 aromatic heterocycles. The van der Waals surface area contributed by atoms with E-state index in [0.29, 0.717) is 6.54 Å². The minimum atomic E-state index is -0.459. The number of amides is 1. The van der Waals surface area contributed by atoms with Crippen LogP contribution in [-0.4, -0.2) is 40.8 Å². The Hall–Kier alpha value is -1.14. The predicted octanol–water partition coefficient (Wildman–Crippen LogP) is 3.62. The zero-order valence-corrected chi connectivity index (χ0v) is 14.0. The Morgan fingerprint density at radius 2 is 2.29 bits per heavy atom. The normalized spacial score (nSPS) is 21.1. The van der Waals surface area contributed by atoms with E-state index in [0.717, 1.165) is 24.4 Å². The molecule has 0 saturated carbocycles. The van der Waals surface area contributed by atoms with Crippen LogP contribution in [0.15, 0.2) is 11.6 Å². The molecule has 1 amide bonds. The Morgan fingerprint density at radius 1 is 1.52 bits per heavy atom. The van der Waals surface area contributed by atoms with Gasteiger partial charge >= 0.3 is 6.09 Å². The first-order valence-corrected chi connectivity index (χ1v) is 8.26. The van der Waals surface area contributed by atoms with E-state index in [1.165, 1.54) is 0 Å². The molecule has 0 N–H and O–H groups in total. The molecule has 1 aliphatic heterocycles. The molecule has 0 spiro atoms. The van der Waals surface area contributed by atoms with E-state index in [1.807, 2.05) is 33.1 Å². The maximum atomic E-state index is 12.1. The molecule has 1 aliphatic rings. The molecule has 0 aromatic carbocycles. The van der Waals surface area contributed by atoms with Crippen LogP contribution in [0.5, 0.6) is 0 Å². The highest BCUT2D eigenvalue weighted by Crippen LogP contribution is 2.25. The average Bonchev–Trinajstić information content (AvgIpc) is 2.91. The van der Waals surface area contributed by atoms with Crippen LogP contribution < -0.4 is 0 Å². The first kappa shape index (κ1) is 16.2. The molecule has 0 unspecified atom stereocenters. The number of rotatable bonds is 3. The fourth-order valence-corrected chi connectivity index (χ4v) is 2.95. The minimum absolute atomic E-state index is 0.0337. The van der Waals surface area contributed by atoms with Gasteiger partial charge in [-0.25, -0.2) is 9.78 Å². The molecule has 0 radical (unpaired) electrons. The Balaban J connectivity index is 1.87. The molecule has 1 saturated heterocycles. The summed E-state index contributed by atoms with van der Waals surface area (Å²) in [6.07, 6.45) is 3.45. The highest BCUT2D eigenvalue weighted by atomic mass is 32.1. The lowest BCUT2D eigenvalue weighted by Crippen LogP contribution is -2.45. The van der Waals surface area contributed by atoms with Gasteiger partial charge in [0.15, 0.2) is 0 Å². The maximum Gasteiger partial charge on any atom is 0.410 e. The van der Waals surface area contributed by atoms with Crippen molar-refractivity contribution in [1.29, 1.82) is 0 Å². The number of carbonyl (C=O) groups excluding carboxylic acids is 1. The topological polar surface area (TPSA) is 51.7 Å². The lowest BCUT2D eigenvalue weighted by molar-refractivity contribution is -0.0485. The van der Waals surface area contributed by atoms with Crippen molar-refractivity contribution in [2.24, 2.45) is 0 Å². The smallest absolute Gasteiger partial charge is 0.410 e. The van der Waals surface area contributed by atoms with E-state index in [1.54, 1.807) is 22.4 Å². The summed E-state index contributed by atoms with van der Waals surface area (Å²) < 4.78 is 11.5. The van der Waals surface area contributed by atoms with Crippen molar-refractivity contribution in [1.82, 2.24) is 9.88 Å². The van der Waals surface area contributed by atoms with Crippen LogP contribution >= 0.6 is 11.3 Å². The molecule has 1 aromatic rings. The highest BCUT2D eigenvalue weighted by molar-refractivity contribution is 7.09. The van der Waals surface area contributed by atoms with Crippen molar-refractivity contribution >= 4 is 17.4 Å². The van der Waals surface area contributed by atoms with Crippen LogP contribution in [0, 0.1) is 0 Å². The van der Waals surface area contributed by atoms with Crippen LogP contribution in [-0.2, 0) is 9.47 Å². The molecule has 6 heteroatoms. The van der Waals surface area contributed by atoms with Crippen LogP contribution in [0.25, 0.3) is 0 Å². The van der Waals surface area contributed by atoms with Gasteiger partial charge in [0.2, 0.25) is 0 Å². The molecule has 5 nitrogen and oxygen atoms in total. The zero-order chi connectivity index (χ0) is 15.5. The molecule has 118 valence electrons. The fourth-order valence-electron chi connectivity index (χ4n) is 2.32. The van der Waals surface area contributed by atoms with Gasteiger partial charge in [0, 0.05) is 18.1 Å². The first-order chi connectivity index (χ1) is 9.85. The minimum Gasteiger partial charge on any atom is -0.444 e. The van der Waals surface area contributed by atoms with E-state index < -0.39 is 5.60 Å². The number of ether oxygens (including phenoxy) is 2. The highest BCUT2D eigenvalue weighted by Gasteiger charge is 2.29. The van der Waals surface area contributed by atoms with E-state index in [9.17, 15) is 4.79 Å². The summed E-state index contributed by atoms with van der Waals surface area (Å²) in [6.45, 7) is 8.98. The number of likely N-dealkylation sites (tertiary alicyclic amines) is 1. The molecule has 1 fully saturated rings. The predicted molar refractivity (Wildman–Crippen MR) is 82.4 cm³/mol. The summed E-state index contributed by atoms with van der Waals surface area (Å²) in [7, 11) is 0. The molecule has 0 aliphatic carbocycles. The molecule has 0 bridgehead atoms. The number of aromatic nitrogens is 1. The second kappa shape index (κ2) is 6.75. The largest absolute Gasteiger partial charge is 0.444 e. The van der Waals surface area contributed by atoms with E-state index in [-0.39, 0.29) is 18.3 Å². The first-order valence-electron chi connectivity index (χ1n) is 7.38. The number of hydrogen-bond donors (Lipinski definition) is 0. The van der Waals surface area contributed by atoms with Crippen molar-refractivity contribution < 1.29 is 14.3 Å². The second-order valence-electron chi connectivity index (χ2n) is 6.34. The second-order valence-corrected chi connectivity index (χ2v) is 7.27. The van der Waals surface area contributed by atoms with Gasteiger partial charge in [0.1, 0.15) is 16.7 Å². The van der Waals surface area contributed by atoms with Crippen molar-refractivity contribution in [2.45, 2.75) is 58.3 Å². The number of piperidine rings is 1. The summed E-state index contributed by atoms with van der Waals surface area (Å²) in [5.74, 6) is 0. The summed E-state index contributed by atoms with van der Waals surface area (Å²) in [5, 5.41) is 2.92. The van der Waals surface area contributed by atoms with Gasteiger partial charge in [-0.05, 0) is 40.5 Å². The van der Waals surface area contributed by atoms with Crippen molar-refractivity contribution in [3.63, 3.8) is 0 Å². The molecule has 21 heavy (non-hydrogen) atoms. The third-order valence-electron chi connectivity index (χ3n) is 3.23. The Kier molecular flexibility index (Phi) is 5.22. The van der Waals surface area contributed by atoms with Crippen LogP contribution in [0.4, 0.5) is 4.79 Å². The van der Waals surface area contributed by atoms with Gasteiger partial charge < -0.3 is 14.4 Å². The van der Waals surface area contributed by atoms with Gasteiger partial charge in [0.05, 0.1) is 12.6 Å².